The molecule has 24 heteroatoms. The maximum atomic E-state index is 14.3. The number of nitrogens with one attached hydrogen (secondary N) is 8. The number of amides is 11. The van der Waals surface area contributed by atoms with Crippen LogP contribution in [0.15, 0.2) is 103 Å². The van der Waals surface area contributed by atoms with Gasteiger partial charge in [-0.2, -0.15) is 0 Å². The van der Waals surface area contributed by atoms with Crippen molar-refractivity contribution in [2.45, 2.75) is 57.0 Å². The zero-order valence-electron chi connectivity index (χ0n) is 45.1. The fourth-order valence-corrected chi connectivity index (χ4v) is 9.87. The van der Waals surface area contributed by atoms with Crippen LogP contribution in [-0.4, -0.2) is 158 Å². The maximum Gasteiger partial charge on any atom is 0.415 e. The van der Waals surface area contributed by atoms with Gasteiger partial charge in [-0.05, 0) is 111 Å². The summed E-state index contributed by atoms with van der Waals surface area (Å²) < 4.78 is 6.02. The van der Waals surface area contributed by atoms with Crippen LogP contribution in [0, 0.1) is 0 Å². The normalized spacial score (nSPS) is 14.8. The van der Waals surface area contributed by atoms with Crippen molar-refractivity contribution >= 4 is 92.3 Å². The van der Waals surface area contributed by atoms with Gasteiger partial charge in [0.15, 0.2) is 0 Å². The van der Waals surface area contributed by atoms with Crippen LogP contribution in [0.1, 0.15) is 64.9 Å². The number of nitrogens with zero attached hydrogens (tertiary/aromatic N) is 4. The fraction of sp³-hybridized carbons (Fsp3) is 0.351. The number of urea groups is 2. The van der Waals surface area contributed by atoms with Crippen molar-refractivity contribution in [3.63, 3.8) is 0 Å². The van der Waals surface area contributed by atoms with Gasteiger partial charge in [0.1, 0.15) is 17.5 Å². The Morgan fingerprint density at radius 1 is 0.704 bits per heavy atom. The van der Waals surface area contributed by atoms with Gasteiger partial charge in [-0.1, -0.05) is 30.8 Å². The highest BCUT2D eigenvalue weighted by Gasteiger charge is 2.32. The molecule has 5 aromatic rings. The van der Waals surface area contributed by atoms with Crippen LogP contribution in [0.5, 0.6) is 5.75 Å². The molecule has 0 saturated carbocycles. The SMILES string of the molecule is C=C(CCCN1C(=O)C=CC1=O)NCCN[C@@H](CCCNC(N)=O)C(=O)N[C@@H](CCCNC(N)=O)C(=O)Nc1ccc(C(=O)Nc2ccc3[nH]c(C(=O)N4CCc5c4cc(OC(=O)N4CCN(C)CC4)c4ccccc54)cc3c2)cc1. The van der Waals surface area contributed by atoms with E-state index in [-0.39, 0.29) is 62.2 Å². The first-order valence-corrected chi connectivity index (χ1v) is 26.9. The molecular weight excluding hydrogens is 1040 g/mol. The zero-order valence-corrected chi connectivity index (χ0v) is 45.1. The highest BCUT2D eigenvalue weighted by Crippen LogP contribution is 2.41. The molecule has 0 unspecified atom stereocenters. The third-order valence-corrected chi connectivity index (χ3v) is 14.2. The van der Waals surface area contributed by atoms with Crippen LogP contribution in [0.4, 0.5) is 31.4 Å². The summed E-state index contributed by atoms with van der Waals surface area (Å²) in [7, 11) is 2.01. The number of carbonyl (C=O) groups excluding carboxylic acids is 9. The van der Waals surface area contributed by atoms with Gasteiger partial charge in [-0.25, -0.2) is 14.4 Å². The van der Waals surface area contributed by atoms with Gasteiger partial charge in [0, 0.05) is 123 Å². The lowest BCUT2D eigenvalue weighted by Crippen LogP contribution is -2.52. The van der Waals surface area contributed by atoms with Crippen LogP contribution >= 0.6 is 0 Å². The quantitative estimate of drug-likeness (QED) is 0.0295. The summed E-state index contributed by atoms with van der Waals surface area (Å²) in [6, 6.07) is 19.3. The van der Waals surface area contributed by atoms with Crippen LogP contribution in [0.2, 0.25) is 0 Å². The predicted octanol–water partition coefficient (Wildman–Crippen LogP) is 3.61. The standard InChI is InChI=1S/C57H68N14O10/c1-35(8-7-26-71-49(72)19-20-50(71)73)60-24-25-61-44(11-5-22-62-55(58)78)52(75)67-45(12-6-23-63-56(59)79)53(76)64-38-15-13-36(14-16-38)51(74)65-39-17-18-43-37(32-39)33-46(66-43)54(77)70-27-21-41-40-9-3-4-10-42(40)48(34-47(41)70)81-57(80)69-30-28-68(2)29-31-69/h3-4,9-10,13-20,32-34,44-45,60-61,66H,1,5-8,11-12,21-31H2,2H3,(H,64,76)(H,65,74)(H,67,75)(H3,58,62,78)(H3,59,63,79)/t44-,45-/m0/s1. The van der Waals surface area contributed by atoms with Gasteiger partial charge >= 0.3 is 18.2 Å². The molecule has 1 aromatic heterocycles. The number of carbonyl (C=O) groups is 9. The minimum atomic E-state index is -1.08. The summed E-state index contributed by atoms with van der Waals surface area (Å²) >= 11 is 0. The third-order valence-electron chi connectivity index (χ3n) is 14.2. The Labute approximate surface area is 467 Å². The van der Waals surface area contributed by atoms with E-state index in [0.29, 0.717) is 104 Å². The van der Waals surface area contributed by atoms with Crippen molar-refractivity contribution in [1.29, 1.82) is 0 Å². The Kier molecular flexibility index (Phi) is 19.3. The minimum absolute atomic E-state index is 0.113. The van der Waals surface area contributed by atoms with Gasteiger partial charge in [-0.15, -0.1) is 0 Å². The van der Waals surface area contributed by atoms with Gasteiger partial charge < -0.3 is 73.1 Å². The number of aromatic amines is 1. The molecule has 4 heterocycles. The molecule has 8 rings (SSSR count). The first kappa shape index (κ1) is 57.9. The largest absolute Gasteiger partial charge is 0.415 e. The number of anilines is 3. The fourth-order valence-electron chi connectivity index (χ4n) is 9.87. The van der Waals surface area contributed by atoms with Crippen molar-refractivity contribution < 1.29 is 47.9 Å². The number of ether oxygens (including phenoxy) is 1. The van der Waals surface area contributed by atoms with E-state index >= 15 is 0 Å². The predicted molar refractivity (Wildman–Crippen MR) is 305 cm³/mol. The summed E-state index contributed by atoms with van der Waals surface area (Å²) in [5.41, 5.74) is 14.9. The molecule has 0 bridgehead atoms. The van der Waals surface area contributed by atoms with Crippen LogP contribution < -0.4 is 58.3 Å². The van der Waals surface area contributed by atoms with Crippen LogP contribution in [0.3, 0.4) is 0 Å². The van der Waals surface area contributed by atoms with E-state index in [1.165, 1.54) is 24.3 Å². The highest BCUT2D eigenvalue weighted by molar-refractivity contribution is 6.13. The van der Waals surface area contributed by atoms with E-state index in [1.807, 2.05) is 31.3 Å². The van der Waals surface area contributed by atoms with Gasteiger partial charge in [-0.3, -0.25) is 33.7 Å². The summed E-state index contributed by atoms with van der Waals surface area (Å²) in [5, 5.41) is 22.3. The van der Waals surface area contributed by atoms with Crippen molar-refractivity contribution in [1.82, 2.24) is 46.3 Å². The third kappa shape index (κ3) is 15.3. The van der Waals surface area contributed by atoms with Gasteiger partial charge in [0.2, 0.25) is 11.8 Å². The second kappa shape index (κ2) is 27.0. The number of likely N-dealkylation sites (N-methyl/N-ethyl adjacent to an activating group) is 1. The molecule has 2 atom stereocenters. The molecule has 0 spiro atoms. The monoisotopic (exact) mass is 1110 g/mol. The topological polar surface area (TPSA) is 328 Å². The first-order valence-electron chi connectivity index (χ1n) is 26.9. The summed E-state index contributed by atoms with van der Waals surface area (Å²) in [4.78, 5) is 125. The number of nitrogens with two attached hydrogens (primary N) is 2. The smallest absolute Gasteiger partial charge is 0.409 e. The van der Waals surface area contributed by atoms with E-state index in [1.54, 1.807) is 52.3 Å². The molecule has 3 aliphatic heterocycles. The second-order valence-electron chi connectivity index (χ2n) is 20.0. The van der Waals surface area contributed by atoms with E-state index in [0.717, 1.165) is 34.3 Å². The molecule has 1 saturated heterocycles. The molecule has 3 aliphatic rings. The second-order valence-corrected chi connectivity index (χ2v) is 20.0. The molecule has 11 amide bonds. The van der Waals surface area contributed by atoms with Crippen molar-refractivity contribution in [3.8, 4) is 5.75 Å². The lowest BCUT2D eigenvalue weighted by molar-refractivity contribution is -0.136. The average molecular weight is 1110 g/mol. The molecule has 24 nitrogen and oxygen atoms in total. The van der Waals surface area contributed by atoms with Crippen LogP contribution in [0.25, 0.3) is 21.7 Å². The molecule has 0 aliphatic carbocycles. The van der Waals surface area contributed by atoms with E-state index in [9.17, 15) is 43.2 Å². The molecule has 4 aromatic carbocycles. The number of H-pyrrole nitrogens is 1. The van der Waals surface area contributed by atoms with E-state index in [2.05, 4.69) is 53.7 Å². The number of rotatable bonds is 25. The van der Waals surface area contributed by atoms with Crippen molar-refractivity contribution in [2.75, 3.05) is 88.0 Å². The zero-order chi connectivity index (χ0) is 57.6. The molecular formula is C57H68N14O10. The van der Waals surface area contributed by atoms with Gasteiger partial charge in [0.25, 0.3) is 23.6 Å². The Balaban J connectivity index is 0.868. The maximum absolute atomic E-state index is 14.3. The summed E-state index contributed by atoms with van der Waals surface area (Å²) in [5.74, 6) is -2.09. The number of fused-ring (bicyclic) bond motifs is 4. The summed E-state index contributed by atoms with van der Waals surface area (Å²) in [6.07, 6.45) is 4.67. The Morgan fingerprint density at radius 3 is 2.06 bits per heavy atom. The molecule has 1 fully saturated rings. The molecule has 81 heavy (non-hydrogen) atoms. The van der Waals surface area contributed by atoms with Crippen molar-refractivity contribution in [3.05, 3.63) is 120 Å². The molecule has 0 radical (unpaired) electrons. The highest BCUT2D eigenvalue weighted by atomic mass is 16.6. The van der Waals surface area contributed by atoms with Crippen molar-refractivity contribution in [2.24, 2.45) is 11.5 Å². The number of primary amides is 2. The van der Waals surface area contributed by atoms with Crippen LogP contribution in [-0.2, 0) is 25.6 Å². The Morgan fingerprint density at radius 2 is 1.37 bits per heavy atom. The number of allylic oxidation sites excluding steroid dienone is 1. The van der Waals surface area contributed by atoms with E-state index < -0.39 is 48.0 Å². The lowest BCUT2D eigenvalue weighted by Gasteiger charge is -2.31. The lowest BCUT2D eigenvalue weighted by atomic mass is 10.0. The number of piperazine rings is 1. The molecule has 12 N–H and O–H groups in total. The Hall–Kier alpha value is -9.29. The minimum Gasteiger partial charge on any atom is -0.409 e. The van der Waals surface area contributed by atoms with E-state index in [4.69, 9.17) is 16.2 Å². The number of benzene rings is 4. The number of aromatic nitrogens is 1. The first-order chi connectivity index (χ1) is 39.0. The Bertz CT molecular complexity index is 3220. The average Bonchev–Trinajstić information content (AvgIpc) is 4.30. The van der Waals surface area contributed by atoms with Gasteiger partial charge in [0.05, 0.1) is 11.7 Å². The number of imide groups is 1. The number of hydrogen-bond acceptors (Lipinski definition) is 13. The number of hydrogen-bond donors (Lipinski definition) is 10. The summed E-state index contributed by atoms with van der Waals surface area (Å²) in [6.45, 7) is 8.29. The molecule has 426 valence electrons.